The second kappa shape index (κ2) is 5.55. The maximum absolute atomic E-state index is 4.60. The molecule has 17 heavy (non-hydrogen) atoms. The van der Waals surface area contributed by atoms with Crippen LogP contribution in [0.4, 0.5) is 0 Å². The van der Waals surface area contributed by atoms with E-state index in [1.54, 1.807) is 0 Å². The Morgan fingerprint density at radius 1 is 0.941 bits per heavy atom. The van der Waals surface area contributed by atoms with Gasteiger partial charge in [-0.05, 0) is 66.4 Å². The maximum atomic E-state index is 4.60. The highest BCUT2D eigenvalue weighted by atomic mass is 32.1. The first-order valence-electron chi connectivity index (χ1n) is 7.65. The van der Waals surface area contributed by atoms with E-state index in [4.69, 9.17) is 0 Å². The third kappa shape index (κ3) is 2.69. The molecule has 0 radical (unpaired) electrons. The first-order valence-corrected chi connectivity index (χ1v) is 8.28. The van der Waals surface area contributed by atoms with E-state index < -0.39 is 0 Å². The molecule has 5 unspecified atom stereocenters. The molecule has 0 aromatic rings. The normalized spacial score (nSPS) is 37.6. The monoisotopic (exact) mass is 254 g/mol. The fourth-order valence-corrected chi connectivity index (χ4v) is 4.67. The van der Waals surface area contributed by atoms with Crippen LogP contribution in [0.25, 0.3) is 0 Å². The molecule has 0 nitrogen and oxygen atoms in total. The molecule has 2 fully saturated rings. The zero-order valence-corrected chi connectivity index (χ0v) is 12.9. The van der Waals surface area contributed by atoms with Crippen LogP contribution < -0.4 is 0 Å². The van der Waals surface area contributed by atoms with Crippen LogP contribution in [0.15, 0.2) is 0 Å². The van der Waals surface area contributed by atoms with Crippen molar-refractivity contribution in [1.29, 1.82) is 0 Å². The zero-order valence-electron chi connectivity index (χ0n) is 12.0. The minimum Gasteiger partial charge on any atom is -0.179 e. The summed E-state index contributed by atoms with van der Waals surface area (Å²) in [6, 6.07) is 0. The molecule has 0 aromatic heterocycles. The van der Waals surface area contributed by atoms with E-state index in [2.05, 4.69) is 40.3 Å². The Bertz CT molecular complexity index is 246. The van der Waals surface area contributed by atoms with Gasteiger partial charge in [0.25, 0.3) is 0 Å². The summed E-state index contributed by atoms with van der Waals surface area (Å²) in [5, 5.41) is 0. The Kier molecular flexibility index (Phi) is 4.50. The molecule has 0 bridgehead atoms. The molecule has 0 amide bonds. The summed E-state index contributed by atoms with van der Waals surface area (Å²) >= 11 is 4.60. The van der Waals surface area contributed by atoms with Crippen molar-refractivity contribution in [2.75, 3.05) is 5.75 Å². The van der Waals surface area contributed by atoms with Gasteiger partial charge in [0.2, 0.25) is 0 Å². The average Bonchev–Trinajstić information content (AvgIpc) is 2.23. The fourth-order valence-electron chi connectivity index (χ4n) is 4.22. The third-order valence-electron chi connectivity index (χ3n) is 5.55. The van der Waals surface area contributed by atoms with Crippen LogP contribution in [0.3, 0.4) is 0 Å². The molecule has 0 heterocycles. The highest BCUT2D eigenvalue weighted by Crippen LogP contribution is 2.62. The fraction of sp³-hybridized carbons (Fsp3) is 1.00. The van der Waals surface area contributed by atoms with Gasteiger partial charge in [-0.1, -0.05) is 34.1 Å². The predicted molar refractivity (Wildman–Crippen MR) is 79.4 cm³/mol. The smallest absolute Gasteiger partial charge is 0.00667 e. The highest BCUT2D eigenvalue weighted by molar-refractivity contribution is 7.80. The molecule has 2 saturated carbocycles. The van der Waals surface area contributed by atoms with Gasteiger partial charge in [0.15, 0.2) is 0 Å². The molecule has 5 atom stereocenters. The van der Waals surface area contributed by atoms with E-state index >= 15 is 0 Å². The predicted octanol–water partition coefficient (Wildman–Crippen LogP) is 4.90. The first-order chi connectivity index (χ1) is 8.04. The van der Waals surface area contributed by atoms with E-state index in [1.165, 1.54) is 25.7 Å². The van der Waals surface area contributed by atoms with Crippen LogP contribution in [-0.2, 0) is 0 Å². The molecule has 100 valence electrons. The molecular weight excluding hydrogens is 224 g/mol. The average molecular weight is 254 g/mol. The van der Waals surface area contributed by atoms with Crippen LogP contribution in [0, 0.1) is 41.4 Å². The Morgan fingerprint density at radius 2 is 1.53 bits per heavy atom. The van der Waals surface area contributed by atoms with Gasteiger partial charge in [-0.15, -0.1) is 0 Å². The van der Waals surface area contributed by atoms with Crippen molar-refractivity contribution in [3.05, 3.63) is 0 Å². The van der Waals surface area contributed by atoms with E-state index in [-0.39, 0.29) is 0 Å². The maximum Gasteiger partial charge on any atom is -0.00667 e. The van der Waals surface area contributed by atoms with Crippen molar-refractivity contribution in [2.45, 2.75) is 53.4 Å². The zero-order chi connectivity index (χ0) is 12.6. The Balaban J connectivity index is 1.77. The van der Waals surface area contributed by atoms with Crippen LogP contribution in [0.1, 0.15) is 53.4 Å². The molecule has 0 aliphatic heterocycles. The van der Waals surface area contributed by atoms with Gasteiger partial charge >= 0.3 is 0 Å². The second-order valence-corrected chi connectivity index (χ2v) is 7.65. The van der Waals surface area contributed by atoms with Gasteiger partial charge in [0.1, 0.15) is 0 Å². The molecule has 2 aliphatic rings. The van der Waals surface area contributed by atoms with Crippen molar-refractivity contribution in [3.63, 3.8) is 0 Å². The lowest BCUT2D eigenvalue weighted by molar-refractivity contribution is -0.126. The van der Waals surface area contributed by atoms with Gasteiger partial charge in [-0.25, -0.2) is 0 Å². The quantitative estimate of drug-likeness (QED) is 0.641. The number of fused-ring (bicyclic) bond motifs is 1. The number of hydrogen-bond donors (Lipinski definition) is 1. The third-order valence-corrected chi connectivity index (χ3v) is 6.02. The molecule has 1 heteroatoms. The Morgan fingerprint density at radius 3 is 1.94 bits per heavy atom. The summed E-state index contributed by atoms with van der Waals surface area (Å²) in [5.41, 5.74) is 0. The topological polar surface area (TPSA) is 0 Å². The van der Waals surface area contributed by atoms with Crippen molar-refractivity contribution < 1.29 is 0 Å². The number of rotatable bonds is 6. The molecule has 2 rings (SSSR count). The van der Waals surface area contributed by atoms with Crippen LogP contribution in [-0.4, -0.2) is 5.75 Å². The molecule has 0 saturated heterocycles. The Hall–Kier alpha value is 0.350. The van der Waals surface area contributed by atoms with Gasteiger partial charge in [-0.3, -0.25) is 0 Å². The summed E-state index contributed by atoms with van der Waals surface area (Å²) in [7, 11) is 0. The largest absolute Gasteiger partial charge is 0.179 e. The van der Waals surface area contributed by atoms with E-state index in [0.29, 0.717) is 0 Å². The highest BCUT2D eigenvalue weighted by Gasteiger charge is 2.55. The number of hydrogen-bond acceptors (Lipinski definition) is 1. The lowest BCUT2D eigenvalue weighted by Gasteiger charge is -2.62. The van der Waals surface area contributed by atoms with Crippen LogP contribution in [0.2, 0.25) is 0 Å². The van der Waals surface area contributed by atoms with Crippen molar-refractivity contribution in [3.8, 4) is 0 Å². The van der Waals surface area contributed by atoms with Crippen LogP contribution in [0.5, 0.6) is 0 Å². The lowest BCUT2D eigenvalue weighted by atomic mass is 9.43. The molecule has 0 spiro atoms. The summed E-state index contributed by atoms with van der Waals surface area (Å²) < 4.78 is 0. The molecular formula is C16H30S. The number of thiol groups is 1. The minimum absolute atomic E-state index is 0.859. The SMILES string of the molecule is CC(C)CCC(CS)C1CC2C(C(C)C)CC12. The van der Waals surface area contributed by atoms with Crippen molar-refractivity contribution in [1.82, 2.24) is 0 Å². The molecule has 0 N–H and O–H groups in total. The molecule has 0 aromatic carbocycles. The van der Waals surface area contributed by atoms with Gasteiger partial charge in [-0.2, -0.15) is 12.6 Å². The summed E-state index contributed by atoms with van der Waals surface area (Å²) in [6.45, 7) is 9.50. The minimum atomic E-state index is 0.859. The second-order valence-electron chi connectivity index (χ2n) is 7.28. The van der Waals surface area contributed by atoms with Gasteiger partial charge in [0, 0.05) is 0 Å². The van der Waals surface area contributed by atoms with Gasteiger partial charge < -0.3 is 0 Å². The Labute approximate surface area is 113 Å². The van der Waals surface area contributed by atoms with Crippen molar-refractivity contribution in [2.24, 2.45) is 41.4 Å². The van der Waals surface area contributed by atoms with Gasteiger partial charge in [0.05, 0.1) is 0 Å². The summed E-state index contributed by atoms with van der Waals surface area (Å²) in [4.78, 5) is 0. The summed E-state index contributed by atoms with van der Waals surface area (Å²) in [6.07, 6.45) is 5.86. The van der Waals surface area contributed by atoms with Crippen LogP contribution >= 0.6 is 12.6 Å². The first kappa shape index (κ1) is 13.8. The van der Waals surface area contributed by atoms with E-state index in [9.17, 15) is 0 Å². The lowest BCUT2D eigenvalue weighted by Crippen LogP contribution is -2.55. The molecule has 2 aliphatic carbocycles. The summed E-state index contributed by atoms with van der Waals surface area (Å²) in [5.74, 6) is 8.09. The van der Waals surface area contributed by atoms with Crippen molar-refractivity contribution >= 4 is 12.6 Å². The van der Waals surface area contributed by atoms with E-state index in [0.717, 1.165) is 47.2 Å². The van der Waals surface area contributed by atoms with E-state index in [1.807, 2.05) is 0 Å². The standard InChI is InChI=1S/C16H30S/c1-10(2)5-6-12(9-17)14-8-15-13(11(3)4)7-16(14)15/h10-17H,5-9H2,1-4H3.